The normalized spacial score (nSPS) is 12.2. The molecule has 0 amide bonds. The highest BCUT2D eigenvalue weighted by Gasteiger charge is 2.18. The van der Waals surface area contributed by atoms with Gasteiger partial charge in [0, 0.05) is 29.4 Å². The van der Waals surface area contributed by atoms with Crippen LogP contribution >= 0.6 is 0 Å². The van der Waals surface area contributed by atoms with E-state index in [2.05, 4.69) is 44.3 Å². The standard InChI is InChI=1S/C27H38N2O6Si2/c1-36(2,3)13-11-33-18-29-17-28-25-23(26(29)30)15-20(21-9-7-8-10-22(21)27(31)32)16-24(25)35-19-34-12-14-37(4,5)6/h7-10,15-17H,11-14,18-19H2,1-6H3,(H,31,32). The molecule has 0 saturated heterocycles. The van der Waals surface area contributed by atoms with Crippen molar-refractivity contribution in [3.8, 4) is 16.9 Å². The highest BCUT2D eigenvalue weighted by Crippen LogP contribution is 2.32. The summed E-state index contributed by atoms with van der Waals surface area (Å²) in [6.45, 7) is 14.9. The summed E-state index contributed by atoms with van der Waals surface area (Å²) < 4.78 is 18.8. The number of hydrogen-bond donors (Lipinski definition) is 1. The van der Waals surface area contributed by atoms with Crippen LogP contribution in [-0.2, 0) is 16.2 Å². The summed E-state index contributed by atoms with van der Waals surface area (Å²) in [5.74, 6) is -0.683. The minimum Gasteiger partial charge on any atom is -0.478 e. The maximum absolute atomic E-state index is 13.4. The molecule has 0 bridgehead atoms. The lowest BCUT2D eigenvalue weighted by Gasteiger charge is -2.17. The number of aromatic carboxylic acids is 1. The van der Waals surface area contributed by atoms with Gasteiger partial charge in [-0.15, -0.1) is 0 Å². The van der Waals surface area contributed by atoms with Crippen molar-refractivity contribution in [3.05, 3.63) is 58.6 Å². The third-order valence-electron chi connectivity index (χ3n) is 5.88. The van der Waals surface area contributed by atoms with Gasteiger partial charge in [-0.2, -0.15) is 0 Å². The number of carboxylic acids is 1. The SMILES string of the molecule is C[Si](C)(C)CCOCOc1cc(-c2ccccc2C(=O)O)cc2c(=O)n(COCC[Si](C)(C)C)cnc12. The Balaban J connectivity index is 1.96. The molecule has 0 aliphatic rings. The number of rotatable bonds is 13. The van der Waals surface area contributed by atoms with Crippen LogP contribution in [0, 0.1) is 0 Å². The molecule has 1 heterocycles. The van der Waals surface area contributed by atoms with Crippen molar-refractivity contribution in [1.82, 2.24) is 9.55 Å². The summed E-state index contributed by atoms with van der Waals surface area (Å²) in [5.41, 5.74) is 1.30. The van der Waals surface area contributed by atoms with Crippen molar-refractivity contribution < 1.29 is 24.1 Å². The topological polar surface area (TPSA) is 99.9 Å². The van der Waals surface area contributed by atoms with E-state index in [4.69, 9.17) is 14.2 Å². The van der Waals surface area contributed by atoms with Gasteiger partial charge in [0.25, 0.3) is 5.56 Å². The summed E-state index contributed by atoms with van der Waals surface area (Å²) >= 11 is 0. The zero-order valence-electron chi connectivity index (χ0n) is 22.7. The number of fused-ring (bicyclic) bond motifs is 1. The first-order chi connectivity index (χ1) is 17.4. The predicted molar refractivity (Wildman–Crippen MR) is 152 cm³/mol. The highest BCUT2D eigenvalue weighted by atomic mass is 28.3. The van der Waals surface area contributed by atoms with Gasteiger partial charge >= 0.3 is 5.97 Å². The Labute approximate surface area is 220 Å². The molecule has 0 radical (unpaired) electrons. The Morgan fingerprint density at radius 1 is 0.973 bits per heavy atom. The van der Waals surface area contributed by atoms with Crippen LogP contribution in [0.5, 0.6) is 5.75 Å². The second kappa shape index (κ2) is 12.2. The largest absolute Gasteiger partial charge is 0.478 e. The first-order valence-electron chi connectivity index (χ1n) is 12.5. The van der Waals surface area contributed by atoms with E-state index in [0.717, 1.165) is 12.1 Å². The number of ether oxygens (including phenoxy) is 3. The average Bonchev–Trinajstić information content (AvgIpc) is 2.81. The molecule has 0 atom stereocenters. The molecule has 0 fully saturated rings. The number of aromatic nitrogens is 2. The molecule has 3 aromatic rings. The molecule has 37 heavy (non-hydrogen) atoms. The quantitative estimate of drug-likeness (QED) is 0.166. The smallest absolute Gasteiger partial charge is 0.336 e. The number of nitrogens with zero attached hydrogens (tertiary/aromatic N) is 2. The number of carbonyl (C=O) groups is 1. The van der Waals surface area contributed by atoms with Crippen LogP contribution in [0.4, 0.5) is 0 Å². The summed E-state index contributed by atoms with van der Waals surface area (Å²) in [5, 5.41) is 10.0. The second-order valence-electron chi connectivity index (χ2n) is 11.6. The third kappa shape index (κ3) is 8.36. The van der Waals surface area contributed by atoms with E-state index in [1.807, 2.05) is 0 Å². The van der Waals surface area contributed by atoms with Gasteiger partial charge in [-0.1, -0.05) is 57.5 Å². The lowest BCUT2D eigenvalue weighted by atomic mass is 9.98. The molecular weight excluding hydrogens is 504 g/mol. The molecule has 0 unspecified atom stereocenters. The van der Waals surface area contributed by atoms with Gasteiger partial charge in [0.15, 0.2) is 6.79 Å². The molecule has 1 aromatic heterocycles. The van der Waals surface area contributed by atoms with Crippen molar-refractivity contribution in [2.75, 3.05) is 20.0 Å². The summed E-state index contributed by atoms with van der Waals surface area (Å²) in [6, 6.07) is 12.1. The monoisotopic (exact) mass is 542 g/mol. The molecule has 200 valence electrons. The minimum atomic E-state index is -1.25. The molecule has 1 N–H and O–H groups in total. The van der Waals surface area contributed by atoms with E-state index in [-0.39, 0.29) is 24.6 Å². The molecule has 0 aliphatic carbocycles. The van der Waals surface area contributed by atoms with E-state index in [0.29, 0.717) is 41.0 Å². The Morgan fingerprint density at radius 3 is 2.27 bits per heavy atom. The number of hydrogen-bond acceptors (Lipinski definition) is 6. The Bertz CT molecular complexity index is 1290. The van der Waals surface area contributed by atoms with Crippen LogP contribution in [0.15, 0.2) is 47.5 Å². The van der Waals surface area contributed by atoms with Gasteiger partial charge in [0.1, 0.15) is 24.3 Å². The zero-order valence-corrected chi connectivity index (χ0v) is 24.7. The van der Waals surface area contributed by atoms with Crippen LogP contribution in [0.1, 0.15) is 10.4 Å². The summed E-state index contributed by atoms with van der Waals surface area (Å²) in [6.07, 6.45) is 1.46. The predicted octanol–water partition coefficient (Wildman–Crippen LogP) is 5.77. The van der Waals surface area contributed by atoms with Crippen molar-refractivity contribution in [2.24, 2.45) is 0 Å². The first-order valence-corrected chi connectivity index (χ1v) is 19.9. The molecular formula is C27H38N2O6Si2. The van der Waals surface area contributed by atoms with E-state index < -0.39 is 22.1 Å². The zero-order chi connectivity index (χ0) is 27.2. The fraction of sp³-hybridized carbons (Fsp3) is 0.444. The van der Waals surface area contributed by atoms with Gasteiger partial charge in [-0.05, 0) is 41.4 Å². The van der Waals surface area contributed by atoms with Crippen LogP contribution < -0.4 is 10.3 Å². The fourth-order valence-electron chi connectivity index (χ4n) is 3.60. The third-order valence-corrected chi connectivity index (χ3v) is 9.29. The van der Waals surface area contributed by atoms with E-state index in [1.54, 1.807) is 30.3 Å². The first kappa shape index (κ1) is 28.8. The fourth-order valence-corrected chi connectivity index (χ4v) is 5.11. The molecule has 0 aliphatic heterocycles. The maximum Gasteiger partial charge on any atom is 0.336 e. The van der Waals surface area contributed by atoms with Crippen LogP contribution in [-0.4, -0.2) is 56.8 Å². The van der Waals surface area contributed by atoms with Crippen molar-refractivity contribution in [1.29, 1.82) is 0 Å². The molecule has 2 aromatic carbocycles. The second-order valence-corrected chi connectivity index (χ2v) is 22.8. The Hall–Kier alpha value is -2.80. The summed E-state index contributed by atoms with van der Waals surface area (Å²) in [4.78, 5) is 29.8. The van der Waals surface area contributed by atoms with Crippen molar-refractivity contribution in [2.45, 2.75) is 58.1 Å². The van der Waals surface area contributed by atoms with Gasteiger partial charge in [-0.25, -0.2) is 9.78 Å². The van der Waals surface area contributed by atoms with Crippen LogP contribution in [0.25, 0.3) is 22.0 Å². The molecule has 8 nitrogen and oxygen atoms in total. The van der Waals surface area contributed by atoms with Crippen LogP contribution in [0.3, 0.4) is 0 Å². The summed E-state index contributed by atoms with van der Waals surface area (Å²) in [7, 11) is -2.49. The number of benzene rings is 2. The van der Waals surface area contributed by atoms with Crippen molar-refractivity contribution >= 4 is 33.0 Å². The number of carboxylic acid groups (broad SMARTS) is 1. The van der Waals surface area contributed by atoms with Crippen LogP contribution in [0.2, 0.25) is 51.4 Å². The van der Waals surface area contributed by atoms with Gasteiger partial charge in [0.2, 0.25) is 0 Å². The molecule has 3 rings (SSSR count). The van der Waals surface area contributed by atoms with Gasteiger partial charge in [-0.3, -0.25) is 9.36 Å². The van der Waals surface area contributed by atoms with E-state index >= 15 is 0 Å². The Morgan fingerprint density at radius 2 is 1.62 bits per heavy atom. The molecule has 0 spiro atoms. The highest BCUT2D eigenvalue weighted by molar-refractivity contribution is 6.76. The van der Waals surface area contributed by atoms with Gasteiger partial charge in [0.05, 0.1) is 10.9 Å². The molecule has 0 saturated carbocycles. The lowest BCUT2D eigenvalue weighted by Crippen LogP contribution is -2.25. The minimum absolute atomic E-state index is 0.00811. The molecule has 10 heteroatoms. The maximum atomic E-state index is 13.4. The Kier molecular flexibility index (Phi) is 9.46. The van der Waals surface area contributed by atoms with E-state index in [1.165, 1.54) is 17.0 Å². The van der Waals surface area contributed by atoms with Crippen molar-refractivity contribution in [3.63, 3.8) is 0 Å². The van der Waals surface area contributed by atoms with Gasteiger partial charge < -0.3 is 19.3 Å². The average molecular weight is 543 g/mol. The lowest BCUT2D eigenvalue weighted by molar-refractivity contribution is 0.0228. The van der Waals surface area contributed by atoms with E-state index in [9.17, 15) is 14.7 Å².